The number of carbonyl (C=O) groups excluding carboxylic acids is 1. The van der Waals surface area contributed by atoms with E-state index in [9.17, 15) is 13.2 Å². The van der Waals surface area contributed by atoms with Crippen LogP contribution >= 0.6 is 11.8 Å². The van der Waals surface area contributed by atoms with Crippen LogP contribution in [-0.2, 0) is 16.9 Å². The second-order valence-electron chi connectivity index (χ2n) is 6.15. The molecule has 9 heteroatoms. The molecule has 0 saturated carbocycles. The minimum atomic E-state index is -2.96. The number of hydrogen-bond donors (Lipinski definition) is 0. The van der Waals surface area contributed by atoms with Gasteiger partial charge in [0.25, 0.3) is 0 Å². The molecule has 3 heterocycles. The lowest BCUT2D eigenvalue weighted by Crippen LogP contribution is -2.14. The Balaban J connectivity index is 1.78. The zero-order valence-electron chi connectivity index (χ0n) is 13.9. The molecule has 24 heavy (non-hydrogen) atoms. The summed E-state index contributed by atoms with van der Waals surface area (Å²) in [4.78, 5) is 12.6. The van der Waals surface area contributed by atoms with Crippen molar-refractivity contribution in [1.82, 2.24) is 19.3 Å². The molecule has 0 bridgehead atoms. The van der Waals surface area contributed by atoms with Crippen LogP contribution < -0.4 is 0 Å². The normalized spacial score (nSPS) is 19.7. The second kappa shape index (κ2) is 6.36. The number of sulfone groups is 1. The zero-order chi connectivity index (χ0) is 17.5. The summed E-state index contributed by atoms with van der Waals surface area (Å²) in [6.07, 6.45) is 2.21. The summed E-state index contributed by atoms with van der Waals surface area (Å²) in [5.41, 5.74) is 2.44. The SMILES string of the molecule is Cc1cc(C(=O)CSc2nncn2C)c(C)n1[C@@H]1CCS(=O)(=O)C1. The molecule has 0 spiro atoms. The second-order valence-corrected chi connectivity index (χ2v) is 9.32. The lowest BCUT2D eigenvalue weighted by atomic mass is 10.2. The molecule has 1 saturated heterocycles. The number of nitrogens with zero attached hydrogens (tertiary/aromatic N) is 4. The van der Waals surface area contributed by atoms with Crippen molar-refractivity contribution >= 4 is 27.4 Å². The lowest BCUT2D eigenvalue weighted by molar-refractivity contribution is 0.102. The molecule has 7 nitrogen and oxygen atoms in total. The Hall–Kier alpha value is -1.61. The van der Waals surface area contributed by atoms with E-state index < -0.39 is 9.84 Å². The summed E-state index contributed by atoms with van der Waals surface area (Å²) in [6, 6.07) is 1.79. The van der Waals surface area contributed by atoms with E-state index in [1.165, 1.54) is 11.8 Å². The maximum absolute atomic E-state index is 12.6. The molecule has 0 unspecified atom stereocenters. The van der Waals surface area contributed by atoms with Crippen molar-refractivity contribution in [3.63, 3.8) is 0 Å². The Bertz CT molecular complexity index is 883. The van der Waals surface area contributed by atoms with Gasteiger partial charge in [0, 0.05) is 30.0 Å². The smallest absolute Gasteiger partial charge is 0.191 e. The van der Waals surface area contributed by atoms with Gasteiger partial charge in [0.15, 0.2) is 20.8 Å². The standard InChI is InChI=1S/C15H20N4O3S2/c1-10-6-13(14(20)7-23-15-17-16-9-18(15)3)11(2)19(10)12-4-5-24(21,22)8-12/h6,9,12H,4-5,7-8H2,1-3H3/t12-/m1/s1. The number of thioether (sulfide) groups is 1. The predicted octanol–water partition coefficient (Wildman–Crippen LogP) is 1.57. The van der Waals surface area contributed by atoms with E-state index in [0.29, 0.717) is 17.1 Å². The monoisotopic (exact) mass is 368 g/mol. The van der Waals surface area contributed by atoms with Crippen LogP contribution in [0.4, 0.5) is 0 Å². The molecule has 0 aromatic carbocycles. The van der Waals surface area contributed by atoms with Gasteiger partial charge in [-0.25, -0.2) is 8.42 Å². The Labute approximate surface area is 145 Å². The minimum Gasteiger partial charge on any atom is -0.344 e. The van der Waals surface area contributed by atoms with Crippen molar-refractivity contribution in [1.29, 1.82) is 0 Å². The van der Waals surface area contributed by atoms with E-state index >= 15 is 0 Å². The quantitative estimate of drug-likeness (QED) is 0.588. The number of carbonyl (C=O) groups is 1. The van der Waals surface area contributed by atoms with Gasteiger partial charge in [0.1, 0.15) is 6.33 Å². The van der Waals surface area contributed by atoms with Crippen LogP contribution in [0, 0.1) is 13.8 Å². The molecular weight excluding hydrogens is 348 g/mol. The first-order valence-electron chi connectivity index (χ1n) is 7.67. The molecule has 1 atom stereocenters. The Morgan fingerprint density at radius 1 is 1.42 bits per heavy atom. The number of aromatic nitrogens is 4. The molecule has 1 aliphatic heterocycles. The number of Topliss-reactive ketones (excluding diaryl/α,β-unsaturated/α-hetero) is 1. The topological polar surface area (TPSA) is 86.8 Å². The van der Waals surface area contributed by atoms with Crippen molar-refractivity contribution in [3.8, 4) is 0 Å². The molecule has 1 fully saturated rings. The summed E-state index contributed by atoms with van der Waals surface area (Å²) in [5.74, 6) is 0.674. The van der Waals surface area contributed by atoms with Crippen molar-refractivity contribution in [2.75, 3.05) is 17.3 Å². The number of aryl methyl sites for hydroxylation is 2. The van der Waals surface area contributed by atoms with Crippen LogP contribution in [-0.4, -0.2) is 50.8 Å². The highest BCUT2D eigenvalue weighted by Gasteiger charge is 2.31. The van der Waals surface area contributed by atoms with Gasteiger partial charge in [0.2, 0.25) is 0 Å². The molecule has 2 aromatic rings. The van der Waals surface area contributed by atoms with E-state index in [0.717, 1.165) is 11.4 Å². The van der Waals surface area contributed by atoms with Crippen LogP contribution in [0.1, 0.15) is 34.2 Å². The largest absolute Gasteiger partial charge is 0.344 e. The van der Waals surface area contributed by atoms with Gasteiger partial charge in [-0.05, 0) is 26.3 Å². The fraction of sp³-hybridized carbons (Fsp3) is 0.533. The molecule has 0 aliphatic carbocycles. The summed E-state index contributed by atoms with van der Waals surface area (Å²) in [6.45, 7) is 3.81. The number of hydrogen-bond acceptors (Lipinski definition) is 6. The summed E-state index contributed by atoms with van der Waals surface area (Å²) in [7, 11) is -1.13. The van der Waals surface area contributed by atoms with E-state index in [1.54, 1.807) is 10.9 Å². The Morgan fingerprint density at radius 2 is 2.17 bits per heavy atom. The first-order valence-corrected chi connectivity index (χ1v) is 10.5. The molecule has 0 radical (unpaired) electrons. The van der Waals surface area contributed by atoms with E-state index in [1.807, 2.05) is 31.5 Å². The Morgan fingerprint density at radius 3 is 2.75 bits per heavy atom. The van der Waals surface area contributed by atoms with Gasteiger partial charge >= 0.3 is 0 Å². The van der Waals surface area contributed by atoms with E-state index in [4.69, 9.17) is 0 Å². The third kappa shape index (κ3) is 3.27. The van der Waals surface area contributed by atoms with Gasteiger partial charge in [-0.1, -0.05) is 11.8 Å². The first-order chi connectivity index (χ1) is 11.3. The van der Waals surface area contributed by atoms with Crippen molar-refractivity contribution in [3.05, 3.63) is 29.3 Å². The molecular formula is C15H20N4O3S2. The number of ketones is 1. The minimum absolute atomic E-state index is 0.0169. The highest BCUT2D eigenvalue weighted by molar-refractivity contribution is 7.99. The van der Waals surface area contributed by atoms with Crippen LogP contribution in [0.25, 0.3) is 0 Å². The van der Waals surface area contributed by atoms with Crippen molar-refractivity contribution in [2.45, 2.75) is 31.5 Å². The highest BCUT2D eigenvalue weighted by Crippen LogP contribution is 2.29. The average molecular weight is 368 g/mol. The molecule has 3 rings (SSSR count). The average Bonchev–Trinajstić information content (AvgIpc) is 3.15. The van der Waals surface area contributed by atoms with Gasteiger partial charge in [-0.3, -0.25) is 4.79 Å². The van der Waals surface area contributed by atoms with Crippen molar-refractivity contribution < 1.29 is 13.2 Å². The molecule has 1 aliphatic rings. The molecule has 130 valence electrons. The molecule has 0 amide bonds. The third-order valence-corrected chi connectivity index (χ3v) is 7.15. The zero-order valence-corrected chi connectivity index (χ0v) is 15.5. The van der Waals surface area contributed by atoms with Gasteiger partial charge in [-0.15, -0.1) is 10.2 Å². The van der Waals surface area contributed by atoms with Gasteiger partial charge in [0.05, 0.1) is 17.3 Å². The fourth-order valence-electron chi connectivity index (χ4n) is 3.21. The van der Waals surface area contributed by atoms with Crippen LogP contribution in [0.15, 0.2) is 17.6 Å². The number of rotatable bonds is 5. The third-order valence-electron chi connectivity index (χ3n) is 4.36. The summed E-state index contributed by atoms with van der Waals surface area (Å²) in [5, 5.41) is 8.44. The van der Waals surface area contributed by atoms with Crippen LogP contribution in [0.5, 0.6) is 0 Å². The fourth-order valence-corrected chi connectivity index (χ4v) is 5.68. The molecule has 0 N–H and O–H groups in total. The summed E-state index contributed by atoms with van der Waals surface area (Å²) >= 11 is 1.35. The van der Waals surface area contributed by atoms with Gasteiger partial charge < -0.3 is 9.13 Å². The van der Waals surface area contributed by atoms with Gasteiger partial charge in [-0.2, -0.15) is 0 Å². The van der Waals surface area contributed by atoms with E-state index in [2.05, 4.69) is 10.2 Å². The van der Waals surface area contributed by atoms with Crippen molar-refractivity contribution in [2.24, 2.45) is 7.05 Å². The van der Waals surface area contributed by atoms with Crippen LogP contribution in [0.3, 0.4) is 0 Å². The predicted molar refractivity (Wildman–Crippen MR) is 92.3 cm³/mol. The lowest BCUT2D eigenvalue weighted by Gasteiger charge is -2.16. The van der Waals surface area contributed by atoms with E-state index in [-0.39, 0.29) is 29.1 Å². The summed E-state index contributed by atoms with van der Waals surface area (Å²) < 4.78 is 27.3. The maximum Gasteiger partial charge on any atom is 0.191 e. The first kappa shape index (κ1) is 17.2. The Kier molecular flexibility index (Phi) is 4.56. The highest BCUT2D eigenvalue weighted by atomic mass is 32.2. The molecule has 2 aromatic heterocycles. The maximum atomic E-state index is 12.6. The van der Waals surface area contributed by atoms with Crippen LogP contribution in [0.2, 0.25) is 0 Å².